The number of nitrogens with zero attached hydrogens (tertiary/aromatic N) is 2. The maximum atomic E-state index is 12.2. The molecule has 1 fully saturated rings. The Labute approximate surface area is 174 Å². The first-order valence-corrected chi connectivity index (χ1v) is 9.36. The summed E-state index contributed by atoms with van der Waals surface area (Å²) in [7, 11) is 2.82. The molecule has 0 unspecified atom stereocenters. The van der Waals surface area contributed by atoms with E-state index in [1.54, 1.807) is 23.1 Å². The summed E-state index contributed by atoms with van der Waals surface area (Å²) in [6.45, 7) is 0.376. The van der Waals surface area contributed by atoms with Gasteiger partial charge in [-0.05, 0) is 36.6 Å². The number of hydrogen-bond acceptors (Lipinski definition) is 8. The van der Waals surface area contributed by atoms with E-state index in [-0.39, 0.29) is 31.0 Å². The summed E-state index contributed by atoms with van der Waals surface area (Å²) in [5.74, 6) is -0.581. The van der Waals surface area contributed by atoms with Crippen molar-refractivity contribution in [3.63, 3.8) is 0 Å². The van der Waals surface area contributed by atoms with E-state index in [0.29, 0.717) is 43.0 Å². The summed E-state index contributed by atoms with van der Waals surface area (Å²) >= 11 is 0. The molecule has 0 spiro atoms. The summed E-state index contributed by atoms with van der Waals surface area (Å²) in [4.78, 5) is 37.2. The molecule has 30 heavy (non-hydrogen) atoms. The molecule has 1 heterocycles. The van der Waals surface area contributed by atoms with Gasteiger partial charge in [0.1, 0.15) is 6.07 Å². The van der Waals surface area contributed by atoms with E-state index in [9.17, 15) is 14.4 Å². The third-order valence-corrected chi connectivity index (χ3v) is 4.61. The average Bonchev–Trinajstić information content (AvgIpc) is 2.79. The Bertz CT molecular complexity index is 836. The van der Waals surface area contributed by atoms with E-state index in [1.807, 2.05) is 6.07 Å². The number of carbonyl (C=O) groups excluding carboxylic acids is 3. The van der Waals surface area contributed by atoms with Crippen molar-refractivity contribution in [3.05, 3.63) is 29.8 Å². The van der Waals surface area contributed by atoms with Gasteiger partial charge < -0.3 is 23.8 Å². The van der Waals surface area contributed by atoms with Crippen LogP contribution in [0.3, 0.4) is 0 Å². The normalized spacial score (nSPS) is 14.1. The highest BCUT2D eigenvalue weighted by atomic mass is 16.5. The van der Waals surface area contributed by atoms with Crippen LogP contribution in [0.25, 0.3) is 6.08 Å². The van der Waals surface area contributed by atoms with Crippen molar-refractivity contribution in [1.29, 1.82) is 5.26 Å². The van der Waals surface area contributed by atoms with Crippen LogP contribution < -0.4 is 9.47 Å². The summed E-state index contributed by atoms with van der Waals surface area (Å²) < 4.78 is 20.2. The topological polar surface area (TPSA) is 115 Å². The van der Waals surface area contributed by atoms with Gasteiger partial charge >= 0.3 is 11.9 Å². The largest absolute Gasteiger partial charge is 0.493 e. The van der Waals surface area contributed by atoms with Gasteiger partial charge in [0.15, 0.2) is 24.7 Å². The van der Waals surface area contributed by atoms with Gasteiger partial charge in [-0.25, -0.2) is 4.79 Å². The molecule has 0 aromatic heterocycles. The number of methoxy groups -OCH3 is 2. The Kier molecular flexibility index (Phi) is 8.69. The number of rotatable bonds is 8. The van der Waals surface area contributed by atoms with Gasteiger partial charge in [0.05, 0.1) is 20.1 Å². The van der Waals surface area contributed by atoms with Crippen LogP contribution in [-0.4, -0.2) is 63.3 Å². The van der Waals surface area contributed by atoms with Gasteiger partial charge in [-0.3, -0.25) is 9.59 Å². The lowest BCUT2D eigenvalue weighted by atomic mass is 9.97. The van der Waals surface area contributed by atoms with Crippen LogP contribution >= 0.6 is 0 Å². The standard InChI is InChI=1S/C21H24N2O7/c1-27-18-13-15(3-5-17(18)29-12-9-22)4-6-20(25)30-14-19(24)23-10-7-16(8-11-23)21(26)28-2/h3-6,13,16H,7-8,10-12,14H2,1-2H3/b6-4+. The molecule has 0 radical (unpaired) electrons. The molecule has 1 aromatic carbocycles. The molecule has 0 atom stereocenters. The van der Waals surface area contributed by atoms with Gasteiger partial charge in [-0.1, -0.05) is 6.07 Å². The highest BCUT2D eigenvalue weighted by molar-refractivity contribution is 5.89. The zero-order valence-electron chi connectivity index (χ0n) is 17.0. The molecule has 0 bridgehead atoms. The Balaban J connectivity index is 1.81. The summed E-state index contributed by atoms with van der Waals surface area (Å²) in [5, 5.41) is 8.58. The Morgan fingerprint density at radius 2 is 1.93 bits per heavy atom. The molecule has 1 aliphatic heterocycles. The molecular weight excluding hydrogens is 392 g/mol. The van der Waals surface area contributed by atoms with Crippen LogP contribution in [0.4, 0.5) is 0 Å². The van der Waals surface area contributed by atoms with Gasteiger partial charge in [-0.2, -0.15) is 5.26 Å². The molecule has 2 rings (SSSR count). The number of carbonyl (C=O) groups is 3. The fraction of sp³-hybridized carbons (Fsp3) is 0.429. The van der Waals surface area contributed by atoms with Gasteiger partial charge in [0.25, 0.3) is 5.91 Å². The highest BCUT2D eigenvalue weighted by Crippen LogP contribution is 2.28. The minimum atomic E-state index is -0.656. The molecule has 9 heteroatoms. The monoisotopic (exact) mass is 416 g/mol. The predicted octanol–water partition coefficient (Wildman–Crippen LogP) is 1.57. The molecular formula is C21H24N2O7. The second kappa shape index (κ2) is 11.5. The second-order valence-corrected chi connectivity index (χ2v) is 6.48. The van der Waals surface area contributed by atoms with Gasteiger partial charge in [0.2, 0.25) is 0 Å². The maximum Gasteiger partial charge on any atom is 0.331 e. The SMILES string of the molecule is COC(=O)C1CCN(C(=O)COC(=O)/C=C/c2ccc(OCC#N)c(OC)c2)CC1. The van der Waals surface area contributed by atoms with Crippen molar-refractivity contribution < 1.29 is 33.3 Å². The van der Waals surface area contributed by atoms with Crippen LogP contribution in [0, 0.1) is 17.2 Å². The minimum absolute atomic E-state index is 0.105. The number of hydrogen-bond donors (Lipinski definition) is 0. The molecule has 1 saturated heterocycles. The van der Waals surface area contributed by atoms with Crippen molar-refractivity contribution in [2.75, 3.05) is 40.5 Å². The number of esters is 2. The molecule has 0 N–H and O–H groups in total. The van der Waals surface area contributed by atoms with Crippen LogP contribution in [0.5, 0.6) is 11.5 Å². The van der Waals surface area contributed by atoms with Crippen molar-refractivity contribution in [3.8, 4) is 17.6 Å². The van der Waals surface area contributed by atoms with Crippen LogP contribution in [-0.2, 0) is 23.9 Å². The second-order valence-electron chi connectivity index (χ2n) is 6.48. The van der Waals surface area contributed by atoms with Crippen molar-refractivity contribution in [2.24, 2.45) is 5.92 Å². The Morgan fingerprint density at radius 1 is 1.20 bits per heavy atom. The zero-order valence-corrected chi connectivity index (χ0v) is 17.0. The van der Waals surface area contributed by atoms with E-state index in [2.05, 4.69) is 0 Å². The molecule has 1 amide bonds. The minimum Gasteiger partial charge on any atom is -0.493 e. The molecule has 0 saturated carbocycles. The van der Waals surface area contributed by atoms with Crippen molar-refractivity contribution in [1.82, 2.24) is 4.90 Å². The number of likely N-dealkylation sites (tertiary alicyclic amines) is 1. The van der Waals surface area contributed by atoms with E-state index < -0.39 is 5.97 Å². The quantitative estimate of drug-likeness (QED) is 0.463. The lowest BCUT2D eigenvalue weighted by Crippen LogP contribution is -2.42. The molecule has 9 nitrogen and oxygen atoms in total. The highest BCUT2D eigenvalue weighted by Gasteiger charge is 2.28. The summed E-state index contributed by atoms with van der Waals surface area (Å²) in [6.07, 6.45) is 3.79. The number of piperidine rings is 1. The molecule has 1 aromatic rings. The van der Waals surface area contributed by atoms with E-state index >= 15 is 0 Å². The number of benzene rings is 1. The van der Waals surface area contributed by atoms with Gasteiger partial charge in [0, 0.05) is 19.2 Å². The lowest BCUT2D eigenvalue weighted by molar-refractivity contribution is -0.151. The smallest absolute Gasteiger partial charge is 0.331 e. The number of ether oxygens (including phenoxy) is 4. The van der Waals surface area contributed by atoms with Gasteiger partial charge in [-0.15, -0.1) is 0 Å². The fourth-order valence-electron chi connectivity index (χ4n) is 2.98. The average molecular weight is 416 g/mol. The van der Waals surface area contributed by atoms with E-state index in [1.165, 1.54) is 26.4 Å². The molecule has 0 aliphatic carbocycles. The molecule has 160 valence electrons. The van der Waals surface area contributed by atoms with Crippen molar-refractivity contribution in [2.45, 2.75) is 12.8 Å². The van der Waals surface area contributed by atoms with Crippen LogP contribution in [0.15, 0.2) is 24.3 Å². The first kappa shape index (κ1) is 22.7. The molecule has 1 aliphatic rings. The first-order chi connectivity index (χ1) is 14.5. The van der Waals surface area contributed by atoms with Crippen LogP contribution in [0.2, 0.25) is 0 Å². The number of nitriles is 1. The third-order valence-electron chi connectivity index (χ3n) is 4.61. The summed E-state index contributed by atoms with van der Waals surface area (Å²) in [5.41, 5.74) is 0.657. The maximum absolute atomic E-state index is 12.2. The Morgan fingerprint density at radius 3 is 2.57 bits per heavy atom. The van der Waals surface area contributed by atoms with Crippen molar-refractivity contribution >= 4 is 23.9 Å². The van der Waals surface area contributed by atoms with E-state index in [0.717, 1.165) is 0 Å². The fourth-order valence-corrected chi connectivity index (χ4v) is 2.98. The lowest BCUT2D eigenvalue weighted by Gasteiger charge is -2.30. The van der Waals surface area contributed by atoms with E-state index in [4.69, 9.17) is 24.2 Å². The zero-order chi connectivity index (χ0) is 21.9. The summed E-state index contributed by atoms with van der Waals surface area (Å²) in [6, 6.07) is 6.84. The first-order valence-electron chi connectivity index (χ1n) is 9.36. The predicted molar refractivity (Wildman–Crippen MR) is 105 cm³/mol. The third kappa shape index (κ3) is 6.51. The number of amides is 1. The Hall–Kier alpha value is -3.54. The van der Waals surface area contributed by atoms with Crippen LogP contribution in [0.1, 0.15) is 18.4 Å².